The Kier molecular flexibility index (Phi) is 14.9. The molecule has 0 bridgehead atoms. The molecule has 45 heavy (non-hydrogen) atoms. The van der Waals surface area contributed by atoms with Crippen LogP contribution in [-0.4, -0.2) is 101 Å². The SMILES string of the molecule is COP(=O)([O-])CC[C@@]1(CO[Si](C)(C)C(C)(C)C)C[C@@H](OC(C)=O)[C@@H](NC(C)=O)C([C@H](OC(C)=O)[C@@H](COC(C)=O)OC(C)=O)O1. The molecule has 1 saturated heterocycles. The first-order chi connectivity index (χ1) is 20.4. The van der Waals surface area contributed by atoms with E-state index in [2.05, 4.69) is 5.32 Å². The molecule has 0 aromatic heterocycles. The summed E-state index contributed by atoms with van der Waals surface area (Å²) in [4.78, 5) is 73.6. The Bertz CT molecular complexity index is 1130. The third kappa shape index (κ3) is 13.1. The predicted molar refractivity (Wildman–Crippen MR) is 160 cm³/mol. The van der Waals surface area contributed by atoms with Crippen LogP contribution in [0.1, 0.15) is 68.2 Å². The molecule has 0 aromatic rings. The zero-order valence-corrected chi connectivity index (χ0v) is 30.0. The van der Waals surface area contributed by atoms with Crippen LogP contribution in [0.5, 0.6) is 0 Å². The summed E-state index contributed by atoms with van der Waals surface area (Å²) >= 11 is 0. The third-order valence-corrected chi connectivity index (χ3v) is 13.6. The van der Waals surface area contributed by atoms with Crippen molar-refractivity contribution in [1.82, 2.24) is 5.32 Å². The van der Waals surface area contributed by atoms with E-state index in [4.69, 9.17) is 32.6 Å². The van der Waals surface area contributed by atoms with Crippen LogP contribution in [0.4, 0.5) is 0 Å². The van der Waals surface area contributed by atoms with Gasteiger partial charge in [-0.05, 0) is 24.6 Å². The van der Waals surface area contributed by atoms with Gasteiger partial charge in [-0.25, -0.2) is 0 Å². The molecule has 0 saturated carbocycles. The van der Waals surface area contributed by atoms with Crippen molar-refractivity contribution in [3.8, 4) is 0 Å². The van der Waals surface area contributed by atoms with Crippen molar-refractivity contribution < 1.29 is 66.1 Å². The lowest BCUT2D eigenvalue weighted by molar-refractivity contribution is -0.245. The zero-order valence-electron chi connectivity index (χ0n) is 28.1. The largest absolute Gasteiger partial charge is 0.778 e. The lowest BCUT2D eigenvalue weighted by atomic mass is 9.82. The van der Waals surface area contributed by atoms with Crippen LogP contribution < -0.4 is 10.2 Å². The highest BCUT2D eigenvalue weighted by Gasteiger charge is 2.55. The minimum atomic E-state index is -4.35. The van der Waals surface area contributed by atoms with Gasteiger partial charge < -0.3 is 47.4 Å². The summed E-state index contributed by atoms with van der Waals surface area (Å²) in [6.07, 6.45) is -6.45. The van der Waals surface area contributed by atoms with Gasteiger partial charge in [0.25, 0.3) is 0 Å². The number of carbonyl (C=O) groups is 5. The molecule has 1 aliphatic rings. The second-order valence-electron chi connectivity index (χ2n) is 12.7. The van der Waals surface area contributed by atoms with Gasteiger partial charge in [0, 0.05) is 54.3 Å². The maximum atomic E-state index is 12.6. The maximum absolute atomic E-state index is 12.6. The van der Waals surface area contributed by atoms with Gasteiger partial charge >= 0.3 is 23.9 Å². The average molecular weight is 683 g/mol. The van der Waals surface area contributed by atoms with E-state index in [1.165, 1.54) is 6.92 Å². The van der Waals surface area contributed by atoms with E-state index < -0.39 is 94.5 Å². The number of nitrogens with one attached hydrogen (secondary N) is 1. The second-order valence-corrected chi connectivity index (χ2v) is 19.5. The molecule has 0 aliphatic carbocycles. The van der Waals surface area contributed by atoms with Crippen LogP contribution in [0.2, 0.25) is 18.1 Å². The van der Waals surface area contributed by atoms with Gasteiger partial charge in [-0.1, -0.05) is 20.8 Å². The molecule has 1 heterocycles. The van der Waals surface area contributed by atoms with Gasteiger partial charge in [0.1, 0.15) is 26.4 Å². The number of hydrogen-bond donors (Lipinski definition) is 1. The molecule has 1 aliphatic heterocycles. The quantitative estimate of drug-likeness (QED) is 0.114. The summed E-state index contributed by atoms with van der Waals surface area (Å²) in [5, 5.41) is 2.42. The van der Waals surface area contributed by atoms with Gasteiger partial charge in [0.05, 0.1) is 18.2 Å². The fourth-order valence-electron chi connectivity index (χ4n) is 4.57. The zero-order chi connectivity index (χ0) is 35.0. The van der Waals surface area contributed by atoms with Gasteiger partial charge in [-0.15, -0.1) is 0 Å². The Hall–Kier alpha value is -2.36. The molecule has 260 valence electrons. The van der Waals surface area contributed by atoms with Crippen molar-refractivity contribution in [3.63, 3.8) is 0 Å². The number of amides is 1. The van der Waals surface area contributed by atoms with Crippen molar-refractivity contribution in [2.75, 3.05) is 26.5 Å². The Morgan fingerprint density at radius 1 is 1.00 bits per heavy atom. The van der Waals surface area contributed by atoms with E-state index in [9.17, 15) is 33.4 Å². The number of rotatable bonds is 15. The summed E-state index contributed by atoms with van der Waals surface area (Å²) in [5.41, 5.74) is -1.52. The standard InChI is InChI=1S/C28H50NO14PSi/c1-17(30)29-24-22(40-19(3)32)14-28(12-13-44(35,36)37-9,16-39-45(10,11)27(6,7)8)43-26(24)25(42-21(5)34)23(41-20(4)33)15-38-18(2)31/h22-26H,12-16H2,1-11H3,(H,29,30)(H,35,36)/p-1/t22-,23-,24-,25-,26?,28+/m1/s1. The first kappa shape index (κ1) is 40.7. The fourth-order valence-corrected chi connectivity index (χ4v) is 6.49. The summed E-state index contributed by atoms with van der Waals surface area (Å²) in [6.45, 7) is 14.9. The molecule has 0 spiro atoms. The van der Waals surface area contributed by atoms with E-state index in [1.807, 2.05) is 33.9 Å². The molecule has 17 heteroatoms. The Morgan fingerprint density at radius 2 is 1.58 bits per heavy atom. The Morgan fingerprint density at radius 3 is 2.02 bits per heavy atom. The number of hydrogen-bond acceptors (Lipinski definition) is 14. The minimum absolute atomic E-state index is 0.138. The molecule has 0 radical (unpaired) electrons. The van der Waals surface area contributed by atoms with E-state index in [0.717, 1.165) is 34.8 Å². The van der Waals surface area contributed by atoms with Crippen molar-refractivity contribution in [2.24, 2.45) is 0 Å². The molecule has 1 rings (SSSR count). The number of esters is 4. The van der Waals surface area contributed by atoms with E-state index in [-0.39, 0.29) is 24.5 Å². The summed E-state index contributed by atoms with van der Waals surface area (Å²) < 4.78 is 52.2. The van der Waals surface area contributed by atoms with Crippen LogP contribution >= 0.6 is 7.60 Å². The topological polar surface area (TPSA) is 202 Å². The second kappa shape index (κ2) is 16.5. The first-order valence-electron chi connectivity index (χ1n) is 14.5. The van der Waals surface area contributed by atoms with Crippen LogP contribution in [0.3, 0.4) is 0 Å². The number of carbonyl (C=O) groups excluding carboxylic acids is 5. The summed E-state index contributed by atoms with van der Waals surface area (Å²) in [6, 6.07) is -1.20. The minimum Gasteiger partial charge on any atom is -0.778 e. The van der Waals surface area contributed by atoms with E-state index in [0.29, 0.717) is 0 Å². The highest BCUT2D eigenvalue weighted by atomic mass is 31.2. The van der Waals surface area contributed by atoms with E-state index >= 15 is 0 Å². The van der Waals surface area contributed by atoms with Crippen LogP contribution in [0.15, 0.2) is 0 Å². The van der Waals surface area contributed by atoms with Crippen LogP contribution in [-0.2, 0) is 61.2 Å². The van der Waals surface area contributed by atoms with Crippen molar-refractivity contribution in [3.05, 3.63) is 0 Å². The molecule has 0 aromatic carbocycles. The molecule has 7 atom stereocenters. The lowest BCUT2D eigenvalue weighted by Gasteiger charge is -2.52. The van der Waals surface area contributed by atoms with Crippen molar-refractivity contribution in [1.29, 1.82) is 0 Å². The van der Waals surface area contributed by atoms with Crippen molar-refractivity contribution in [2.45, 2.75) is 122 Å². The molecule has 1 amide bonds. The monoisotopic (exact) mass is 682 g/mol. The van der Waals surface area contributed by atoms with Crippen LogP contribution in [0, 0.1) is 0 Å². The van der Waals surface area contributed by atoms with Crippen LogP contribution in [0.25, 0.3) is 0 Å². The maximum Gasteiger partial charge on any atom is 0.303 e. The Labute approximate surface area is 266 Å². The van der Waals surface area contributed by atoms with Gasteiger partial charge in [0.15, 0.2) is 20.5 Å². The molecule has 1 fully saturated rings. The predicted octanol–water partition coefficient (Wildman–Crippen LogP) is 1.99. The first-order valence-corrected chi connectivity index (χ1v) is 19.2. The fraction of sp³-hybridized carbons (Fsp3) is 0.821. The van der Waals surface area contributed by atoms with Gasteiger partial charge in [-0.2, -0.15) is 0 Å². The Balaban J connectivity index is 3.96. The average Bonchev–Trinajstić information content (AvgIpc) is 2.87. The lowest BCUT2D eigenvalue weighted by Crippen LogP contribution is -2.68. The number of ether oxygens (including phenoxy) is 5. The third-order valence-electron chi connectivity index (χ3n) is 7.78. The molecule has 15 nitrogen and oxygen atoms in total. The molecule has 2 unspecified atom stereocenters. The molecular formula is C28H49NO14PSi-. The van der Waals surface area contributed by atoms with Gasteiger partial charge in [-0.3, -0.25) is 24.0 Å². The molecular weight excluding hydrogens is 633 g/mol. The van der Waals surface area contributed by atoms with Gasteiger partial charge in [0.2, 0.25) is 5.91 Å². The normalized spacial score (nSPS) is 24.8. The highest BCUT2D eigenvalue weighted by molar-refractivity contribution is 7.51. The summed E-state index contributed by atoms with van der Waals surface area (Å²) in [7, 11) is -5.83. The van der Waals surface area contributed by atoms with Crippen molar-refractivity contribution >= 4 is 45.7 Å². The summed E-state index contributed by atoms with van der Waals surface area (Å²) in [5.74, 6) is -3.66. The smallest absolute Gasteiger partial charge is 0.303 e. The highest BCUT2D eigenvalue weighted by Crippen LogP contribution is 2.45. The van der Waals surface area contributed by atoms with E-state index in [1.54, 1.807) is 0 Å². The molecule has 1 N–H and O–H groups in total.